The Morgan fingerprint density at radius 3 is 2.64 bits per heavy atom. The number of hydrogen-bond donors (Lipinski definition) is 1. The lowest BCUT2D eigenvalue weighted by Gasteiger charge is -2.17. The highest BCUT2D eigenvalue weighted by Gasteiger charge is 2.43. The van der Waals surface area contributed by atoms with Gasteiger partial charge in [-0.1, -0.05) is 0 Å². The van der Waals surface area contributed by atoms with Gasteiger partial charge >= 0.3 is 0 Å². The Hall–Kier alpha value is -1.06. The van der Waals surface area contributed by atoms with Crippen molar-refractivity contribution in [2.24, 2.45) is 11.8 Å². The van der Waals surface area contributed by atoms with Gasteiger partial charge < -0.3 is 4.90 Å². The number of sulfonamides is 1. The molecule has 124 valence electrons. The van der Waals surface area contributed by atoms with Crippen LogP contribution >= 0.6 is 0 Å². The predicted octanol–water partition coefficient (Wildman–Crippen LogP) is -0.369. The van der Waals surface area contributed by atoms with Crippen molar-refractivity contribution in [3.63, 3.8) is 0 Å². The molecule has 2 atom stereocenters. The standard InChI is InChI=1S/C13H24N6O2S/c1-10-14-16-17-19(10)7-3-6-18-8-12(11-4-5-11)13(9-18)15-22(2,20)21/h11-13,15H,3-9H2,1-2H3/t12-,13+/m1/s1. The zero-order valence-corrected chi connectivity index (χ0v) is 14.0. The van der Waals surface area contributed by atoms with Crippen molar-refractivity contribution in [3.8, 4) is 0 Å². The molecule has 1 saturated carbocycles. The number of tetrazole rings is 1. The fraction of sp³-hybridized carbons (Fsp3) is 0.923. The molecule has 1 aromatic heterocycles. The molecule has 2 heterocycles. The Labute approximate surface area is 131 Å². The van der Waals surface area contributed by atoms with E-state index in [-0.39, 0.29) is 6.04 Å². The van der Waals surface area contributed by atoms with Crippen molar-refractivity contribution in [3.05, 3.63) is 5.82 Å². The molecule has 8 nitrogen and oxygen atoms in total. The molecule has 1 aliphatic heterocycles. The number of nitrogens with zero attached hydrogens (tertiary/aromatic N) is 5. The lowest BCUT2D eigenvalue weighted by atomic mass is 9.99. The normalized spacial score (nSPS) is 26.6. The largest absolute Gasteiger partial charge is 0.301 e. The summed E-state index contributed by atoms with van der Waals surface area (Å²) >= 11 is 0. The van der Waals surface area contributed by atoms with Crippen LogP contribution in [0.3, 0.4) is 0 Å². The van der Waals surface area contributed by atoms with Crippen LogP contribution in [-0.2, 0) is 16.6 Å². The van der Waals surface area contributed by atoms with Crippen LogP contribution in [0, 0.1) is 18.8 Å². The Morgan fingerprint density at radius 2 is 2.05 bits per heavy atom. The first-order valence-corrected chi connectivity index (χ1v) is 9.74. The van der Waals surface area contributed by atoms with E-state index in [0.29, 0.717) is 11.8 Å². The summed E-state index contributed by atoms with van der Waals surface area (Å²) in [6, 6.07) is 0.0669. The van der Waals surface area contributed by atoms with Crippen LogP contribution in [0.25, 0.3) is 0 Å². The summed E-state index contributed by atoms with van der Waals surface area (Å²) in [5.41, 5.74) is 0. The SMILES string of the molecule is Cc1nnnn1CCCN1C[C@H](NS(C)(=O)=O)[C@@H](C2CC2)C1. The summed E-state index contributed by atoms with van der Waals surface area (Å²) in [5, 5.41) is 11.5. The van der Waals surface area contributed by atoms with Crippen LogP contribution in [0.5, 0.6) is 0 Å². The third-order valence-corrected chi connectivity index (χ3v) is 5.32. The average Bonchev–Trinajstić information content (AvgIpc) is 3.07. The number of rotatable bonds is 7. The lowest BCUT2D eigenvalue weighted by Crippen LogP contribution is -2.40. The van der Waals surface area contributed by atoms with Crippen molar-refractivity contribution >= 4 is 10.0 Å². The molecule has 2 fully saturated rings. The number of likely N-dealkylation sites (tertiary alicyclic amines) is 1. The summed E-state index contributed by atoms with van der Waals surface area (Å²) in [6.07, 6.45) is 4.70. The number of aromatic nitrogens is 4. The number of hydrogen-bond acceptors (Lipinski definition) is 6. The molecular weight excluding hydrogens is 304 g/mol. The van der Waals surface area contributed by atoms with E-state index in [1.807, 2.05) is 6.92 Å². The maximum atomic E-state index is 11.5. The second-order valence-corrected chi connectivity index (χ2v) is 8.34. The van der Waals surface area contributed by atoms with Gasteiger partial charge in [0.25, 0.3) is 0 Å². The van der Waals surface area contributed by atoms with E-state index in [1.54, 1.807) is 4.68 Å². The van der Waals surface area contributed by atoms with Gasteiger partial charge in [0.2, 0.25) is 10.0 Å². The van der Waals surface area contributed by atoms with E-state index < -0.39 is 10.0 Å². The van der Waals surface area contributed by atoms with Crippen LogP contribution in [0.2, 0.25) is 0 Å². The van der Waals surface area contributed by atoms with E-state index in [1.165, 1.54) is 19.1 Å². The molecule has 0 radical (unpaired) electrons. The highest BCUT2D eigenvalue weighted by molar-refractivity contribution is 7.88. The van der Waals surface area contributed by atoms with E-state index in [4.69, 9.17) is 0 Å². The van der Waals surface area contributed by atoms with Crippen molar-refractivity contribution in [1.29, 1.82) is 0 Å². The van der Waals surface area contributed by atoms with Crippen LogP contribution < -0.4 is 4.72 Å². The molecule has 0 unspecified atom stereocenters. The highest BCUT2D eigenvalue weighted by atomic mass is 32.2. The first-order valence-electron chi connectivity index (χ1n) is 7.85. The van der Waals surface area contributed by atoms with E-state index >= 15 is 0 Å². The Balaban J connectivity index is 1.51. The smallest absolute Gasteiger partial charge is 0.209 e. The Bertz CT molecular complexity index is 612. The van der Waals surface area contributed by atoms with E-state index in [2.05, 4.69) is 25.1 Å². The summed E-state index contributed by atoms with van der Waals surface area (Å²) in [4.78, 5) is 2.37. The molecule has 1 N–H and O–H groups in total. The summed E-state index contributed by atoms with van der Waals surface area (Å²) in [7, 11) is -3.14. The second-order valence-electron chi connectivity index (χ2n) is 6.56. The fourth-order valence-electron chi connectivity index (χ4n) is 3.40. The molecule has 0 spiro atoms. The van der Waals surface area contributed by atoms with Crippen LogP contribution in [-0.4, -0.2) is 65.5 Å². The monoisotopic (exact) mass is 328 g/mol. The molecule has 22 heavy (non-hydrogen) atoms. The maximum absolute atomic E-state index is 11.5. The van der Waals surface area contributed by atoms with Crippen LogP contribution in [0.4, 0.5) is 0 Å². The first kappa shape index (κ1) is 15.8. The Morgan fingerprint density at radius 1 is 1.27 bits per heavy atom. The minimum absolute atomic E-state index is 0.0669. The average molecular weight is 328 g/mol. The maximum Gasteiger partial charge on any atom is 0.209 e. The predicted molar refractivity (Wildman–Crippen MR) is 81.6 cm³/mol. The van der Waals surface area contributed by atoms with E-state index in [9.17, 15) is 8.42 Å². The number of aryl methyl sites for hydroxylation is 2. The second kappa shape index (κ2) is 6.21. The molecule has 0 amide bonds. The van der Waals surface area contributed by atoms with Crippen molar-refractivity contribution in [2.45, 2.75) is 38.8 Å². The number of nitrogens with one attached hydrogen (secondary N) is 1. The van der Waals surface area contributed by atoms with Gasteiger partial charge in [-0.25, -0.2) is 17.8 Å². The minimum Gasteiger partial charge on any atom is -0.301 e. The lowest BCUT2D eigenvalue weighted by molar-refractivity contribution is 0.302. The van der Waals surface area contributed by atoms with Gasteiger partial charge in [-0.15, -0.1) is 5.10 Å². The molecule has 9 heteroatoms. The summed E-state index contributed by atoms with van der Waals surface area (Å²) in [5.74, 6) is 1.99. The first-order chi connectivity index (χ1) is 10.4. The van der Waals surface area contributed by atoms with Gasteiger partial charge in [0.1, 0.15) is 5.82 Å². The van der Waals surface area contributed by atoms with Gasteiger partial charge in [0, 0.05) is 25.7 Å². The van der Waals surface area contributed by atoms with Crippen molar-refractivity contribution in [1.82, 2.24) is 29.8 Å². The minimum atomic E-state index is -3.14. The molecule has 0 bridgehead atoms. The molecular formula is C13H24N6O2S. The summed E-state index contributed by atoms with van der Waals surface area (Å²) < 4.78 is 27.7. The summed E-state index contributed by atoms with van der Waals surface area (Å²) in [6.45, 7) is 5.44. The van der Waals surface area contributed by atoms with Crippen LogP contribution in [0.1, 0.15) is 25.1 Å². The quantitative estimate of drug-likeness (QED) is 0.734. The molecule has 1 aliphatic carbocycles. The Kier molecular flexibility index (Phi) is 4.47. The van der Waals surface area contributed by atoms with Gasteiger partial charge in [-0.3, -0.25) is 0 Å². The molecule has 2 aliphatic rings. The van der Waals surface area contributed by atoms with Crippen LogP contribution in [0.15, 0.2) is 0 Å². The molecule has 1 saturated heterocycles. The zero-order chi connectivity index (χ0) is 15.7. The highest BCUT2D eigenvalue weighted by Crippen LogP contribution is 2.41. The zero-order valence-electron chi connectivity index (χ0n) is 13.1. The molecule has 0 aromatic carbocycles. The fourth-order valence-corrected chi connectivity index (χ4v) is 4.20. The van der Waals surface area contributed by atoms with Gasteiger partial charge in [0.05, 0.1) is 6.26 Å². The van der Waals surface area contributed by atoms with Crippen molar-refractivity contribution in [2.75, 3.05) is 25.9 Å². The molecule has 1 aromatic rings. The van der Waals surface area contributed by atoms with Crippen molar-refractivity contribution < 1.29 is 8.42 Å². The third-order valence-electron chi connectivity index (χ3n) is 4.59. The van der Waals surface area contributed by atoms with Gasteiger partial charge in [-0.2, -0.15) is 0 Å². The topological polar surface area (TPSA) is 93.0 Å². The molecule has 3 rings (SSSR count). The van der Waals surface area contributed by atoms with E-state index in [0.717, 1.165) is 38.4 Å². The van der Waals surface area contributed by atoms with Gasteiger partial charge in [0.15, 0.2) is 0 Å². The van der Waals surface area contributed by atoms with Gasteiger partial charge in [-0.05, 0) is 55.0 Å². The third kappa shape index (κ3) is 4.02.